The highest BCUT2D eigenvalue weighted by Crippen LogP contribution is 2.27. The second-order valence-electron chi connectivity index (χ2n) is 6.66. The highest BCUT2D eigenvalue weighted by molar-refractivity contribution is 6.35. The van der Waals surface area contributed by atoms with Crippen molar-refractivity contribution in [2.75, 3.05) is 7.11 Å². The molecule has 1 unspecified atom stereocenters. The number of ether oxygens (including phenoxy) is 1. The lowest BCUT2D eigenvalue weighted by Crippen LogP contribution is -2.06. The summed E-state index contributed by atoms with van der Waals surface area (Å²) in [6.45, 7) is 4.60. The maximum Gasteiger partial charge on any atom is 0.119 e. The predicted molar refractivity (Wildman–Crippen MR) is 102 cm³/mol. The summed E-state index contributed by atoms with van der Waals surface area (Å²) in [5.41, 5.74) is 2.12. The molecule has 23 heavy (non-hydrogen) atoms. The van der Waals surface area contributed by atoms with E-state index in [1.54, 1.807) is 7.11 Å². The zero-order valence-corrected chi connectivity index (χ0v) is 14.9. The first-order chi connectivity index (χ1) is 11.2. The second-order valence-corrected chi connectivity index (χ2v) is 6.66. The maximum atomic E-state index is 6.04. The van der Waals surface area contributed by atoms with E-state index < -0.39 is 0 Å². The minimum Gasteiger partial charge on any atom is -0.497 e. The summed E-state index contributed by atoms with van der Waals surface area (Å²) in [4.78, 5) is 0. The van der Waals surface area contributed by atoms with E-state index in [1.165, 1.54) is 61.3 Å². The first kappa shape index (κ1) is 17.9. The lowest BCUT2D eigenvalue weighted by Gasteiger charge is -2.14. The van der Waals surface area contributed by atoms with Crippen molar-refractivity contribution in [2.45, 2.75) is 64.7 Å². The van der Waals surface area contributed by atoms with Crippen LogP contribution in [0.1, 0.15) is 70.3 Å². The topological polar surface area (TPSA) is 9.23 Å². The quantitative estimate of drug-likeness (QED) is 0.439. The van der Waals surface area contributed by atoms with Gasteiger partial charge in [0.2, 0.25) is 0 Å². The van der Waals surface area contributed by atoms with Crippen molar-refractivity contribution < 1.29 is 4.74 Å². The van der Waals surface area contributed by atoms with Gasteiger partial charge in [0.05, 0.1) is 7.11 Å². The molecule has 0 amide bonds. The van der Waals surface area contributed by atoms with Crippen LogP contribution in [0.15, 0.2) is 30.3 Å². The Bertz CT molecular complexity index is 621. The fourth-order valence-electron chi connectivity index (χ4n) is 3.19. The van der Waals surface area contributed by atoms with Gasteiger partial charge in [-0.15, -0.1) is 0 Å². The van der Waals surface area contributed by atoms with E-state index in [0.717, 1.165) is 5.75 Å². The summed E-state index contributed by atoms with van der Waals surface area (Å²) < 4.78 is 5.30. The maximum absolute atomic E-state index is 6.04. The molecule has 0 saturated carbocycles. The minimum absolute atomic E-state index is 0.605. The van der Waals surface area contributed by atoms with Crippen molar-refractivity contribution in [1.29, 1.82) is 0 Å². The van der Waals surface area contributed by atoms with Crippen LogP contribution in [-0.4, -0.2) is 15.0 Å². The van der Waals surface area contributed by atoms with E-state index >= 15 is 0 Å². The molecule has 0 fully saturated rings. The van der Waals surface area contributed by atoms with Crippen LogP contribution in [-0.2, 0) is 0 Å². The third-order valence-electron chi connectivity index (χ3n) is 4.77. The van der Waals surface area contributed by atoms with Crippen molar-refractivity contribution in [2.24, 2.45) is 0 Å². The van der Waals surface area contributed by atoms with E-state index in [1.807, 2.05) is 12.1 Å². The monoisotopic (exact) mass is 308 g/mol. The summed E-state index contributed by atoms with van der Waals surface area (Å²) in [6.07, 6.45) is 9.43. The molecule has 0 spiro atoms. The molecular formula is C21H29BO. The van der Waals surface area contributed by atoms with Gasteiger partial charge in [0.15, 0.2) is 0 Å². The molecule has 0 heterocycles. The predicted octanol–water partition coefficient (Wildman–Crippen LogP) is 5.50. The molecule has 2 radical (unpaired) electrons. The van der Waals surface area contributed by atoms with Gasteiger partial charge in [-0.3, -0.25) is 0 Å². The van der Waals surface area contributed by atoms with Crippen LogP contribution in [0.2, 0.25) is 0 Å². The average molecular weight is 308 g/mol. The molecule has 0 aliphatic rings. The van der Waals surface area contributed by atoms with Crippen LogP contribution in [0.3, 0.4) is 0 Å². The van der Waals surface area contributed by atoms with Gasteiger partial charge in [-0.2, -0.15) is 0 Å². The number of hydrogen-bond donors (Lipinski definition) is 0. The highest BCUT2D eigenvalue weighted by atomic mass is 16.5. The van der Waals surface area contributed by atoms with Crippen molar-refractivity contribution in [3.8, 4) is 5.75 Å². The average Bonchev–Trinajstić information content (AvgIpc) is 2.56. The fourth-order valence-corrected chi connectivity index (χ4v) is 3.19. The van der Waals surface area contributed by atoms with Crippen LogP contribution in [0, 0.1) is 0 Å². The van der Waals surface area contributed by atoms with Crippen molar-refractivity contribution in [1.82, 2.24) is 0 Å². The SMILES string of the molecule is [B]c1cc2cc(C(C)CCCCCCCC)ccc2cc1OC. The minimum atomic E-state index is 0.605. The highest BCUT2D eigenvalue weighted by Gasteiger charge is 2.08. The van der Waals surface area contributed by atoms with Gasteiger partial charge in [-0.25, -0.2) is 0 Å². The van der Waals surface area contributed by atoms with Gasteiger partial charge in [-0.1, -0.05) is 82.1 Å². The summed E-state index contributed by atoms with van der Waals surface area (Å²) in [6, 6.07) is 10.8. The molecule has 0 N–H and O–H groups in total. The molecule has 0 aromatic heterocycles. The van der Waals surface area contributed by atoms with E-state index in [2.05, 4.69) is 32.0 Å². The molecule has 0 aliphatic heterocycles. The number of fused-ring (bicyclic) bond motifs is 1. The van der Waals surface area contributed by atoms with E-state index in [0.29, 0.717) is 11.4 Å². The van der Waals surface area contributed by atoms with E-state index in [4.69, 9.17) is 12.6 Å². The Labute approximate surface area is 142 Å². The normalized spacial score (nSPS) is 12.5. The molecule has 0 bridgehead atoms. The molecule has 122 valence electrons. The van der Waals surface area contributed by atoms with Crippen molar-refractivity contribution in [3.05, 3.63) is 35.9 Å². The Morgan fingerprint density at radius 1 is 0.957 bits per heavy atom. The Hall–Kier alpha value is -1.44. The van der Waals surface area contributed by atoms with Crippen molar-refractivity contribution in [3.63, 3.8) is 0 Å². The summed E-state index contributed by atoms with van der Waals surface area (Å²) >= 11 is 0. The molecular weight excluding hydrogens is 279 g/mol. The lowest BCUT2D eigenvalue weighted by atomic mass is 9.89. The van der Waals surface area contributed by atoms with E-state index in [-0.39, 0.29) is 0 Å². The molecule has 2 aromatic rings. The van der Waals surface area contributed by atoms with Gasteiger partial charge in [0, 0.05) is 0 Å². The molecule has 0 aliphatic carbocycles. The summed E-state index contributed by atoms with van der Waals surface area (Å²) in [7, 11) is 7.70. The second kappa shape index (κ2) is 9.01. The Morgan fingerprint density at radius 2 is 1.70 bits per heavy atom. The number of hydrogen-bond acceptors (Lipinski definition) is 1. The van der Waals surface area contributed by atoms with Gasteiger partial charge in [0.1, 0.15) is 13.6 Å². The van der Waals surface area contributed by atoms with Crippen LogP contribution in [0.5, 0.6) is 5.75 Å². The standard InChI is InChI=1S/C21H29BO/c1-4-5-6-7-8-9-10-16(2)17-11-12-18-15-21(23-3)20(22)14-19(18)13-17/h11-16H,4-10H2,1-3H3. The fraction of sp³-hybridized carbons (Fsp3) is 0.524. The molecule has 2 heteroatoms. The molecule has 2 aromatic carbocycles. The first-order valence-electron chi connectivity index (χ1n) is 9.03. The van der Waals surface area contributed by atoms with Gasteiger partial charge in [0.25, 0.3) is 0 Å². The summed E-state index contributed by atoms with van der Waals surface area (Å²) in [5.74, 6) is 1.36. The molecule has 0 saturated heterocycles. The lowest BCUT2D eigenvalue weighted by molar-refractivity contribution is 0.419. The Kier molecular flexibility index (Phi) is 7.01. The Balaban J connectivity index is 1.96. The largest absolute Gasteiger partial charge is 0.497 e. The number of benzene rings is 2. The smallest absolute Gasteiger partial charge is 0.119 e. The number of unbranched alkanes of at least 4 members (excludes halogenated alkanes) is 5. The van der Waals surface area contributed by atoms with Crippen LogP contribution in [0.4, 0.5) is 0 Å². The van der Waals surface area contributed by atoms with Gasteiger partial charge >= 0.3 is 0 Å². The van der Waals surface area contributed by atoms with E-state index in [9.17, 15) is 0 Å². The van der Waals surface area contributed by atoms with Crippen LogP contribution in [0.25, 0.3) is 10.8 Å². The van der Waals surface area contributed by atoms with Crippen LogP contribution >= 0.6 is 0 Å². The Morgan fingerprint density at radius 3 is 2.43 bits per heavy atom. The third kappa shape index (κ3) is 5.02. The molecule has 2 rings (SSSR count). The zero-order chi connectivity index (χ0) is 16.7. The number of methoxy groups -OCH3 is 1. The molecule has 1 nitrogen and oxygen atoms in total. The third-order valence-corrected chi connectivity index (χ3v) is 4.77. The summed E-state index contributed by atoms with van der Waals surface area (Å²) in [5, 5.41) is 2.39. The van der Waals surface area contributed by atoms with Crippen LogP contribution < -0.4 is 10.2 Å². The van der Waals surface area contributed by atoms with Gasteiger partial charge < -0.3 is 4.74 Å². The van der Waals surface area contributed by atoms with Crippen molar-refractivity contribution >= 4 is 24.1 Å². The molecule has 1 atom stereocenters. The van der Waals surface area contributed by atoms with Gasteiger partial charge in [-0.05, 0) is 34.7 Å². The zero-order valence-electron chi connectivity index (χ0n) is 14.9. The number of rotatable bonds is 9. The first-order valence-corrected chi connectivity index (χ1v) is 9.03.